The smallest absolute Gasteiger partial charge is 0.358 e. The van der Waals surface area contributed by atoms with Crippen molar-refractivity contribution >= 4 is 5.97 Å². The zero-order valence-electron chi connectivity index (χ0n) is 7.11. The van der Waals surface area contributed by atoms with Gasteiger partial charge in [-0.3, -0.25) is 0 Å². The number of hydrogen-bond acceptors (Lipinski definition) is 3. The van der Waals surface area contributed by atoms with Crippen LogP contribution < -0.4 is 0 Å². The molecule has 0 unspecified atom stereocenters. The molecule has 1 N–H and O–H groups in total. The lowest BCUT2D eigenvalue weighted by atomic mass is 10.2. The van der Waals surface area contributed by atoms with Gasteiger partial charge >= 0.3 is 5.97 Å². The molecule has 0 bridgehead atoms. The fourth-order valence-electron chi connectivity index (χ4n) is 1.10. The first-order valence-electron chi connectivity index (χ1n) is 3.86. The fourth-order valence-corrected chi connectivity index (χ4v) is 1.10. The molecule has 0 saturated heterocycles. The normalized spacial score (nSPS) is 10.2. The minimum Gasteiger partial charge on any atom is -0.476 e. The molecule has 0 aliphatic carbocycles. The largest absolute Gasteiger partial charge is 0.476 e. The van der Waals surface area contributed by atoms with Crippen LogP contribution in [-0.2, 0) is 13.0 Å². The first kappa shape index (κ1) is 8.70. The van der Waals surface area contributed by atoms with Crippen molar-refractivity contribution in [3.63, 3.8) is 0 Å². The second-order valence-electron chi connectivity index (χ2n) is 2.36. The SMILES string of the molecule is CCc1c(C(=O)O)nnn1CC. The molecule has 0 fully saturated rings. The number of aryl methyl sites for hydroxylation is 1. The van der Waals surface area contributed by atoms with Crippen LogP contribution in [0.2, 0.25) is 0 Å². The highest BCUT2D eigenvalue weighted by Crippen LogP contribution is 2.05. The van der Waals surface area contributed by atoms with Crippen LogP contribution in [0.25, 0.3) is 0 Å². The van der Waals surface area contributed by atoms with Gasteiger partial charge in [-0.2, -0.15) is 0 Å². The Hall–Kier alpha value is -1.39. The third-order valence-corrected chi connectivity index (χ3v) is 1.67. The molecule has 12 heavy (non-hydrogen) atoms. The van der Waals surface area contributed by atoms with Crippen molar-refractivity contribution in [1.29, 1.82) is 0 Å². The van der Waals surface area contributed by atoms with Gasteiger partial charge in [-0.1, -0.05) is 12.1 Å². The molecule has 1 rings (SSSR count). The highest BCUT2D eigenvalue weighted by atomic mass is 16.4. The van der Waals surface area contributed by atoms with Crippen LogP contribution >= 0.6 is 0 Å². The Kier molecular flexibility index (Phi) is 2.42. The molecule has 0 atom stereocenters. The fraction of sp³-hybridized carbons (Fsp3) is 0.571. The van der Waals surface area contributed by atoms with Crippen LogP contribution in [0.15, 0.2) is 0 Å². The Balaban J connectivity index is 3.13. The summed E-state index contributed by atoms with van der Waals surface area (Å²) in [6.45, 7) is 4.44. The van der Waals surface area contributed by atoms with Gasteiger partial charge in [0, 0.05) is 6.54 Å². The lowest BCUT2D eigenvalue weighted by molar-refractivity contribution is 0.0689. The van der Waals surface area contributed by atoms with E-state index in [9.17, 15) is 4.79 Å². The van der Waals surface area contributed by atoms with Gasteiger partial charge in [-0.15, -0.1) is 5.10 Å². The average molecular weight is 169 g/mol. The van der Waals surface area contributed by atoms with E-state index in [2.05, 4.69) is 10.3 Å². The summed E-state index contributed by atoms with van der Waals surface area (Å²) in [6.07, 6.45) is 0.641. The highest BCUT2D eigenvalue weighted by Gasteiger charge is 2.15. The Morgan fingerprint density at radius 3 is 2.67 bits per heavy atom. The van der Waals surface area contributed by atoms with E-state index in [4.69, 9.17) is 5.11 Å². The van der Waals surface area contributed by atoms with Crippen LogP contribution in [0, 0.1) is 0 Å². The molecule has 1 aromatic rings. The molecule has 0 aliphatic rings. The van der Waals surface area contributed by atoms with E-state index in [-0.39, 0.29) is 5.69 Å². The van der Waals surface area contributed by atoms with Crippen LogP contribution in [0.3, 0.4) is 0 Å². The molecule has 1 heterocycles. The Labute approximate surface area is 70.0 Å². The van der Waals surface area contributed by atoms with Gasteiger partial charge in [-0.05, 0) is 13.3 Å². The van der Waals surface area contributed by atoms with Gasteiger partial charge in [-0.25, -0.2) is 9.48 Å². The summed E-state index contributed by atoms with van der Waals surface area (Å²) >= 11 is 0. The quantitative estimate of drug-likeness (QED) is 0.717. The molecule has 5 heteroatoms. The van der Waals surface area contributed by atoms with E-state index in [0.29, 0.717) is 18.7 Å². The van der Waals surface area contributed by atoms with Crippen molar-refractivity contribution in [3.05, 3.63) is 11.4 Å². The minimum absolute atomic E-state index is 0.0688. The Morgan fingerprint density at radius 2 is 2.25 bits per heavy atom. The molecular formula is C7H11N3O2. The number of aromatic nitrogens is 3. The second-order valence-corrected chi connectivity index (χ2v) is 2.36. The van der Waals surface area contributed by atoms with Crippen molar-refractivity contribution < 1.29 is 9.90 Å². The summed E-state index contributed by atoms with van der Waals surface area (Å²) < 4.78 is 1.60. The molecule has 0 aliphatic heterocycles. The van der Waals surface area contributed by atoms with Gasteiger partial charge in [0.25, 0.3) is 0 Å². The third-order valence-electron chi connectivity index (χ3n) is 1.67. The first-order chi connectivity index (χ1) is 5.70. The summed E-state index contributed by atoms with van der Waals surface area (Å²) in [6, 6.07) is 0. The molecule has 0 amide bonds. The van der Waals surface area contributed by atoms with Gasteiger partial charge in [0.05, 0.1) is 5.69 Å². The van der Waals surface area contributed by atoms with Crippen molar-refractivity contribution in [2.45, 2.75) is 26.8 Å². The number of aromatic carboxylic acids is 1. The van der Waals surface area contributed by atoms with Gasteiger partial charge in [0.2, 0.25) is 0 Å². The second kappa shape index (κ2) is 3.34. The standard InChI is InChI=1S/C7H11N3O2/c1-3-5-6(7(11)12)8-9-10(5)4-2/h3-4H2,1-2H3,(H,11,12). The van der Waals surface area contributed by atoms with E-state index in [1.54, 1.807) is 4.68 Å². The molecule has 0 aromatic carbocycles. The minimum atomic E-state index is -1.01. The molecule has 0 spiro atoms. The van der Waals surface area contributed by atoms with Gasteiger partial charge in [0.1, 0.15) is 0 Å². The number of carboxylic acids is 1. The van der Waals surface area contributed by atoms with Gasteiger partial charge < -0.3 is 5.11 Å². The number of carbonyl (C=O) groups is 1. The third kappa shape index (κ3) is 1.30. The Morgan fingerprint density at radius 1 is 1.58 bits per heavy atom. The number of carboxylic acid groups (broad SMARTS) is 1. The molecule has 1 aromatic heterocycles. The topological polar surface area (TPSA) is 68.0 Å². The number of hydrogen-bond donors (Lipinski definition) is 1. The van der Waals surface area contributed by atoms with Crippen molar-refractivity contribution in [1.82, 2.24) is 15.0 Å². The molecule has 0 saturated carbocycles. The zero-order chi connectivity index (χ0) is 9.14. The van der Waals surface area contributed by atoms with Crippen molar-refractivity contribution in [2.24, 2.45) is 0 Å². The van der Waals surface area contributed by atoms with Crippen LogP contribution in [0.5, 0.6) is 0 Å². The number of nitrogens with zero attached hydrogens (tertiary/aromatic N) is 3. The predicted octanol–water partition coefficient (Wildman–Crippen LogP) is 0.559. The van der Waals surface area contributed by atoms with Gasteiger partial charge in [0.15, 0.2) is 5.69 Å². The summed E-state index contributed by atoms with van der Waals surface area (Å²) in [5.41, 5.74) is 0.754. The average Bonchev–Trinajstić information content (AvgIpc) is 2.46. The molecule has 5 nitrogen and oxygen atoms in total. The summed E-state index contributed by atoms with van der Waals surface area (Å²) in [5.74, 6) is -1.01. The monoisotopic (exact) mass is 169 g/mol. The number of rotatable bonds is 3. The van der Waals surface area contributed by atoms with E-state index in [1.165, 1.54) is 0 Å². The predicted molar refractivity (Wildman–Crippen MR) is 42.0 cm³/mol. The summed E-state index contributed by atoms with van der Waals surface area (Å²) in [7, 11) is 0. The lowest BCUT2D eigenvalue weighted by Crippen LogP contribution is -2.05. The zero-order valence-corrected chi connectivity index (χ0v) is 7.11. The van der Waals surface area contributed by atoms with E-state index >= 15 is 0 Å². The van der Waals surface area contributed by atoms with Crippen LogP contribution in [0.4, 0.5) is 0 Å². The van der Waals surface area contributed by atoms with Crippen LogP contribution in [0.1, 0.15) is 30.0 Å². The Bertz CT molecular complexity index is 293. The van der Waals surface area contributed by atoms with E-state index in [1.807, 2.05) is 13.8 Å². The van der Waals surface area contributed by atoms with Crippen molar-refractivity contribution in [3.8, 4) is 0 Å². The first-order valence-corrected chi connectivity index (χ1v) is 3.86. The maximum Gasteiger partial charge on any atom is 0.358 e. The van der Waals surface area contributed by atoms with Crippen LogP contribution in [-0.4, -0.2) is 26.1 Å². The maximum atomic E-state index is 10.6. The molecular weight excluding hydrogens is 158 g/mol. The molecule has 66 valence electrons. The maximum absolute atomic E-state index is 10.6. The lowest BCUT2D eigenvalue weighted by Gasteiger charge is -1.99. The van der Waals surface area contributed by atoms with E-state index < -0.39 is 5.97 Å². The molecule has 0 radical (unpaired) electrons. The summed E-state index contributed by atoms with van der Waals surface area (Å²) in [4.78, 5) is 10.6. The van der Waals surface area contributed by atoms with E-state index in [0.717, 1.165) is 0 Å². The summed E-state index contributed by atoms with van der Waals surface area (Å²) in [5, 5.41) is 16.0. The highest BCUT2D eigenvalue weighted by molar-refractivity contribution is 5.86. The van der Waals surface area contributed by atoms with Crippen molar-refractivity contribution in [2.75, 3.05) is 0 Å².